The molecule has 0 aromatic carbocycles. The van der Waals surface area contributed by atoms with Gasteiger partial charge in [0.2, 0.25) is 5.91 Å². The third-order valence-corrected chi connectivity index (χ3v) is 4.55. The van der Waals surface area contributed by atoms with Gasteiger partial charge >= 0.3 is 0 Å². The standard InChI is InChI=1S/C13H23N3O/c17-13(11-3-1-5-14-9-11)16-8-7-15-6-2-4-12(15)10-16/h11-12,14H,1-10H2/t11-,12?/m1/s1. The first-order valence-electron chi connectivity index (χ1n) is 7.08. The summed E-state index contributed by atoms with van der Waals surface area (Å²) < 4.78 is 0. The largest absolute Gasteiger partial charge is 0.340 e. The van der Waals surface area contributed by atoms with E-state index in [1.54, 1.807) is 0 Å². The van der Waals surface area contributed by atoms with Crippen LogP contribution in [0, 0.1) is 5.92 Å². The Morgan fingerprint density at radius 3 is 2.88 bits per heavy atom. The molecule has 17 heavy (non-hydrogen) atoms. The van der Waals surface area contributed by atoms with E-state index in [1.165, 1.54) is 19.4 Å². The summed E-state index contributed by atoms with van der Waals surface area (Å²) in [5.74, 6) is 0.653. The summed E-state index contributed by atoms with van der Waals surface area (Å²) in [7, 11) is 0. The van der Waals surface area contributed by atoms with Crippen molar-refractivity contribution in [2.75, 3.05) is 39.3 Å². The number of nitrogens with zero attached hydrogens (tertiary/aromatic N) is 2. The second-order valence-corrected chi connectivity index (χ2v) is 5.66. The summed E-state index contributed by atoms with van der Waals surface area (Å²) in [6, 6.07) is 0.657. The molecule has 3 saturated heterocycles. The zero-order valence-electron chi connectivity index (χ0n) is 10.5. The maximum atomic E-state index is 12.4. The quantitative estimate of drug-likeness (QED) is 0.712. The zero-order chi connectivity index (χ0) is 11.7. The molecule has 1 amide bonds. The Hall–Kier alpha value is -0.610. The summed E-state index contributed by atoms with van der Waals surface area (Å²) in [4.78, 5) is 17.1. The van der Waals surface area contributed by atoms with Crippen LogP contribution in [0.25, 0.3) is 0 Å². The molecule has 3 aliphatic heterocycles. The molecule has 2 atom stereocenters. The van der Waals surface area contributed by atoms with Crippen molar-refractivity contribution in [1.29, 1.82) is 0 Å². The molecule has 3 rings (SSSR count). The van der Waals surface area contributed by atoms with Crippen LogP contribution in [0.4, 0.5) is 0 Å². The summed E-state index contributed by atoms with van der Waals surface area (Å²) in [6.07, 6.45) is 4.83. The lowest BCUT2D eigenvalue weighted by atomic mass is 9.97. The SMILES string of the molecule is O=C([C@@H]1CCCNC1)N1CCN2CCCC2C1. The Balaban J connectivity index is 1.58. The molecule has 0 aromatic rings. The van der Waals surface area contributed by atoms with Crippen molar-refractivity contribution in [3.05, 3.63) is 0 Å². The van der Waals surface area contributed by atoms with Gasteiger partial charge in [-0.05, 0) is 38.8 Å². The second kappa shape index (κ2) is 4.94. The van der Waals surface area contributed by atoms with Crippen molar-refractivity contribution in [1.82, 2.24) is 15.1 Å². The maximum absolute atomic E-state index is 12.4. The number of nitrogens with one attached hydrogen (secondary N) is 1. The van der Waals surface area contributed by atoms with Crippen LogP contribution in [-0.4, -0.2) is 61.0 Å². The van der Waals surface area contributed by atoms with Gasteiger partial charge in [-0.15, -0.1) is 0 Å². The van der Waals surface area contributed by atoms with Gasteiger partial charge in [0.05, 0.1) is 5.92 Å². The predicted molar refractivity (Wildman–Crippen MR) is 66.8 cm³/mol. The van der Waals surface area contributed by atoms with E-state index in [0.29, 0.717) is 11.9 Å². The third kappa shape index (κ3) is 2.33. The fraction of sp³-hybridized carbons (Fsp3) is 0.923. The lowest BCUT2D eigenvalue weighted by Gasteiger charge is -2.39. The van der Waals surface area contributed by atoms with Gasteiger partial charge in [0.15, 0.2) is 0 Å². The Kier molecular flexibility index (Phi) is 3.34. The first-order chi connectivity index (χ1) is 8.34. The molecule has 0 radical (unpaired) electrons. The van der Waals surface area contributed by atoms with E-state index in [-0.39, 0.29) is 5.92 Å². The van der Waals surface area contributed by atoms with E-state index in [9.17, 15) is 4.79 Å². The van der Waals surface area contributed by atoms with E-state index in [0.717, 1.165) is 45.6 Å². The normalized spacial score (nSPS) is 34.7. The number of piperidine rings is 1. The minimum absolute atomic E-state index is 0.247. The summed E-state index contributed by atoms with van der Waals surface area (Å²) in [5, 5.41) is 3.34. The molecule has 4 nitrogen and oxygen atoms in total. The van der Waals surface area contributed by atoms with Crippen LogP contribution < -0.4 is 5.32 Å². The van der Waals surface area contributed by atoms with Crippen LogP contribution in [0.15, 0.2) is 0 Å². The molecule has 1 unspecified atom stereocenters. The molecule has 0 bridgehead atoms. The zero-order valence-corrected chi connectivity index (χ0v) is 10.5. The van der Waals surface area contributed by atoms with Crippen molar-refractivity contribution in [2.24, 2.45) is 5.92 Å². The number of carbonyl (C=O) groups excluding carboxylic acids is 1. The van der Waals surface area contributed by atoms with E-state index < -0.39 is 0 Å². The molecular formula is C13H23N3O. The van der Waals surface area contributed by atoms with Gasteiger partial charge in [0.25, 0.3) is 0 Å². The number of carbonyl (C=O) groups is 1. The van der Waals surface area contributed by atoms with E-state index in [4.69, 9.17) is 0 Å². The maximum Gasteiger partial charge on any atom is 0.227 e. The van der Waals surface area contributed by atoms with Crippen LogP contribution in [-0.2, 0) is 4.79 Å². The molecular weight excluding hydrogens is 214 g/mol. The van der Waals surface area contributed by atoms with E-state index >= 15 is 0 Å². The highest BCUT2D eigenvalue weighted by Gasteiger charge is 2.34. The van der Waals surface area contributed by atoms with Gasteiger partial charge in [-0.25, -0.2) is 0 Å². The van der Waals surface area contributed by atoms with Gasteiger partial charge in [0, 0.05) is 32.2 Å². The Morgan fingerprint density at radius 1 is 1.12 bits per heavy atom. The molecule has 4 heteroatoms. The predicted octanol–water partition coefficient (Wildman–Crippen LogP) is 0.293. The Labute approximate surface area is 103 Å². The number of piperazine rings is 1. The smallest absolute Gasteiger partial charge is 0.227 e. The molecule has 3 aliphatic rings. The van der Waals surface area contributed by atoms with Crippen LogP contribution in [0.1, 0.15) is 25.7 Å². The number of rotatable bonds is 1. The Bertz CT molecular complexity index is 288. The molecule has 3 fully saturated rings. The molecule has 0 aromatic heterocycles. The number of fused-ring (bicyclic) bond motifs is 1. The highest BCUT2D eigenvalue weighted by molar-refractivity contribution is 5.79. The van der Waals surface area contributed by atoms with Crippen molar-refractivity contribution in [3.8, 4) is 0 Å². The van der Waals surface area contributed by atoms with Crippen molar-refractivity contribution in [2.45, 2.75) is 31.7 Å². The van der Waals surface area contributed by atoms with E-state index in [2.05, 4.69) is 15.1 Å². The van der Waals surface area contributed by atoms with Gasteiger partial charge in [-0.2, -0.15) is 0 Å². The summed E-state index contributed by atoms with van der Waals surface area (Å²) >= 11 is 0. The van der Waals surface area contributed by atoms with Crippen LogP contribution >= 0.6 is 0 Å². The lowest BCUT2D eigenvalue weighted by molar-refractivity contribution is -0.138. The van der Waals surface area contributed by atoms with Crippen LogP contribution in [0.2, 0.25) is 0 Å². The highest BCUT2D eigenvalue weighted by Crippen LogP contribution is 2.23. The van der Waals surface area contributed by atoms with Crippen LogP contribution in [0.3, 0.4) is 0 Å². The average molecular weight is 237 g/mol. The van der Waals surface area contributed by atoms with Crippen molar-refractivity contribution in [3.63, 3.8) is 0 Å². The lowest BCUT2D eigenvalue weighted by Crippen LogP contribution is -2.54. The highest BCUT2D eigenvalue weighted by atomic mass is 16.2. The Morgan fingerprint density at radius 2 is 2.06 bits per heavy atom. The van der Waals surface area contributed by atoms with Gasteiger partial charge in [-0.3, -0.25) is 9.69 Å². The molecule has 1 N–H and O–H groups in total. The number of amides is 1. The van der Waals surface area contributed by atoms with Crippen molar-refractivity contribution < 1.29 is 4.79 Å². The number of hydrogen-bond acceptors (Lipinski definition) is 3. The molecule has 0 saturated carbocycles. The minimum atomic E-state index is 0.247. The summed E-state index contributed by atoms with van der Waals surface area (Å²) in [5.41, 5.74) is 0. The monoisotopic (exact) mass is 237 g/mol. The van der Waals surface area contributed by atoms with Gasteiger partial charge < -0.3 is 10.2 Å². The topological polar surface area (TPSA) is 35.6 Å². The summed E-state index contributed by atoms with van der Waals surface area (Å²) in [6.45, 7) is 6.25. The second-order valence-electron chi connectivity index (χ2n) is 5.66. The van der Waals surface area contributed by atoms with Gasteiger partial charge in [-0.1, -0.05) is 0 Å². The van der Waals surface area contributed by atoms with Crippen molar-refractivity contribution >= 4 is 5.91 Å². The third-order valence-electron chi connectivity index (χ3n) is 4.55. The average Bonchev–Trinajstić information content (AvgIpc) is 2.86. The molecule has 96 valence electrons. The van der Waals surface area contributed by atoms with Crippen LogP contribution in [0.5, 0.6) is 0 Å². The molecule has 0 spiro atoms. The number of hydrogen-bond donors (Lipinski definition) is 1. The first kappa shape index (κ1) is 11.5. The fourth-order valence-corrected chi connectivity index (χ4v) is 3.51. The molecule has 0 aliphatic carbocycles. The fourth-order valence-electron chi connectivity index (χ4n) is 3.51. The minimum Gasteiger partial charge on any atom is -0.340 e. The first-order valence-corrected chi connectivity index (χ1v) is 7.08. The van der Waals surface area contributed by atoms with E-state index in [1.807, 2.05) is 0 Å². The van der Waals surface area contributed by atoms with Gasteiger partial charge in [0.1, 0.15) is 0 Å². The molecule has 3 heterocycles.